The van der Waals surface area contributed by atoms with Crippen LogP contribution in [0.15, 0.2) is 17.2 Å². The molecule has 2 saturated heterocycles. The number of amides is 3. The van der Waals surface area contributed by atoms with E-state index < -0.39 is 5.97 Å². The number of aliphatic carboxylic acids is 1. The highest BCUT2D eigenvalue weighted by atomic mass is 32.1. The summed E-state index contributed by atoms with van der Waals surface area (Å²) in [7, 11) is 0. The molecule has 1 aromatic heterocycles. The lowest BCUT2D eigenvalue weighted by Gasteiger charge is -2.37. The van der Waals surface area contributed by atoms with Crippen molar-refractivity contribution in [2.75, 3.05) is 26.2 Å². The van der Waals surface area contributed by atoms with Gasteiger partial charge >= 0.3 is 12.0 Å². The van der Waals surface area contributed by atoms with Gasteiger partial charge in [0.05, 0.1) is 11.4 Å². The smallest absolute Gasteiger partial charge is 0.317 e. The van der Waals surface area contributed by atoms with Gasteiger partial charge in [-0.1, -0.05) is 6.08 Å². The monoisotopic (exact) mass is 446 g/mol. The van der Waals surface area contributed by atoms with Gasteiger partial charge in [-0.2, -0.15) is 0 Å². The fourth-order valence-electron chi connectivity index (χ4n) is 4.82. The molecule has 2 fully saturated rings. The van der Waals surface area contributed by atoms with Gasteiger partial charge in [0, 0.05) is 43.2 Å². The SMILES string of the molecule is O=C(O)CCNC(=O)N1CCC(c2nc(C(=O)N3CCCC4CCCC=C43)cs2)CC1. The van der Waals surface area contributed by atoms with Crippen molar-refractivity contribution in [2.45, 2.75) is 57.3 Å². The van der Waals surface area contributed by atoms with Gasteiger partial charge in [-0.25, -0.2) is 9.78 Å². The van der Waals surface area contributed by atoms with Crippen LogP contribution in [0.25, 0.3) is 0 Å². The van der Waals surface area contributed by atoms with Crippen molar-refractivity contribution in [1.29, 1.82) is 0 Å². The van der Waals surface area contributed by atoms with Crippen LogP contribution in [0.2, 0.25) is 0 Å². The number of rotatable bonds is 5. The minimum Gasteiger partial charge on any atom is -0.481 e. The zero-order valence-electron chi connectivity index (χ0n) is 17.7. The highest BCUT2D eigenvalue weighted by Gasteiger charge is 2.32. The van der Waals surface area contributed by atoms with Crippen molar-refractivity contribution in [3.63, 3.8) is 0 Å². The van der Waals surface area contributed by atoms with Crippen molar-refractivity contribution >= 4 is 29.2 Å². The Morgan fingerprint density at radius 3 is 2.65 bits per heavy atom. The maximum absolute atomic E-state index is 13.2. The molecule has 4 rings (SSSR count). The number of allylic oxidation sites excluding steroid dienone is 2. The first kappa shape index (κ1) is 21.8. The molecule has 0 aromatic carbocycles. The molecule has 0 saturated carbocycles. The Morgan fingerprint density at radius 1 is 1.10 bits per heavy atom. The maximum atomic E-state index is 13.2. The highest BCUT2D eigenvalue weighted by molar-refractivity contribution is 7.09. The summed E-state index contributed by atoms with van der Waals surface area (Å²) < 4.78 is 0. The minimum atomic E-state index is -0.923. The third-order valence-corrected chi connectivity index (χ3v) is 7.51. The molecule has 3 amide bonds. The number of thiazole rings is 1. The van der Waals surface area contributed by atoms with Crippen molar-refractivity contribution < 1.29 is 19.5 Å². The van der Waals surface area contributed by atoms with E-state index >= 15 is 0 Å². The number of carbonyl (C=O) groups excluding carboxylic acids is 2. The number of hydrogen-bond donors (Lipinski definition) is 2. The Hall–Kier alpha value is -2.42. The van der Waals surface area contributed by atoms with Crippen LogP contribution in [0.5, 0.6) is 0 Å². The van der Waals surface area contributed by atoms with Crippen LogP contribution in [0.1, 0.15) is 72.8 Å². The number of urea groups is 1. The first-order valence-electron chi connectivity index (χ1n) is 11.2. The van der Waals surface area contributed by atoms with Gasteiger partial charge in [0.1, 0.15) is 5.69 Å². The molecular formula is C22H30N4O4S. The van der Waals surface area contributed by atoms with Gasteiger partial charge in [0.15, 0.2) is 0 Å². The van der Waals surface area contributed by atoms with E-state index in [0.29, 0.717) is 24.7 Å². The lowest BCUT2D eigenvalue weighted by atomic mass is 9.85. The summed E-state index contributed by atoms with van der Waals surface area (Å²) in [6.45, 7) is 2.13. The number of nitrogens with one attached hydrogen (secondary N) is 1. The van der Waals surface area contributed by atoms with Crippen LogP contribution in [-0.2, 0) is 4.79 Å². The number of carboxylic acid groups (broad SMARTS) is 1. The summed E-state index contributed by atoms with van der Waals surface area (Å²) in [6, 6.07) is -0.213. The summed E-state index contributed by atoms with van der Waals surface area (Å²) in [4.78, 5) is 44.3. The van der Waals surface area contributed by atoms with Crippen molar-refractivity contribution in [3.8, 4) is 0 Å². The second-order valence-corrected chi connectivity index (χ2v) is 9.45. The molecule has 0 spiro atoms. The standard InChI is InChI=1S/C22H30N4O4S/c27-19(28)7-10-23-22(30)25-12-8-16(9-13-25)20-24-17(14-31-20)21(29)26-11-3-5-15-4-1-2-6-18(15)26/h6,14-16H,1-5,7-13H2,(H,23,30)(H,27,28). The molecule has 2 aliphatic heterocycles. The van der Waals surface area contributed by atoms with Crippen molar-refractivity contribution in [1.82, 2.24) is 20.1 Å². The van der Waals surface area contributed by atoms with E-state index in [2.05, 4.69) is 11.4 Å². The molecule has 0 bridgehead atoms. The van der Waals surface area contributed by atoms with Gasteiger partial charge in [-0.05, 0) is 50.9 Å². The maximum Gasteiger partial charge on any atom is 0.317 e. The number of likely N-dealkylation sites (tertiary alicyclic amines) is 2. The zero-order chi connectivity index (χ0) is 21.8. The van der Waals surface area contributed by atoms with Gasteiger partial charge < -0.3 is 20.2 Å². The van der Waals surface area contributed by atoms with E-state index in [9.17, 15) is 14.4 Å². The molecule has 3 heterocycles. The first-order valence-corrected chi connectivity index (χ1v) is 12.1. The van der Waals surface area contributed by atoms with E-state index in [0.717, 1.165) is 37.2 Å². The first-order chi connectivity index (χ1) is 15.0. The van der Waals surface area contributed by atoms with E-state index in [1.54, 1.807) is 16.2 Å². The Labute approximate surface area is 186 Å². The fraction of sp³-hybridized carbons (Fsp3) is 0.636. The van der Waals surface area contributed by atoms with Crippen LogP contribution in [0, 0.1) is 5.92 Å². The van der Waals surface area contributed by atoms with Crippen LogP contribution in [0.3, 0.4) is 0 Å². The van der Waals surface area contributed by atoms with Crippen LogP contribution < -0.4 is 5.32 Å². The quantitative estimate of drug-likeness (QED) is 0.721. The van der Waals surface area contributed by atoms with Crippen LogP contribution >= 0.6 is 11.3 Å². The molecule has 1 unspecified atom stereocenters. The summed E-state index contributed by atoms with van der Waals surface area (Å²) >= 11 is 1.54. The molecular weight excluding hydrogens is 416 g/mol. The zero-order valence-corrected chi connectivity index (χ0v) is 18.5. The number of carbonyl (C=O) groups is 3. The Balaban J connectivity index is 1.32. The highest BCUT2D eigenvalue weighted by Crippen LogP contribution is 2.36. The molecule has 168 valence electrons. The summed E-state index contributed by atoms with van der Waals surface area (Å²) in [6.07, 6.45) is 9.45. The lowest BCUT2D eigenvalue weighted by Crippen LogP contribution is -2.44. The van der Waals surface area contributed by atoms with Gasteiger partial charge in [0.25, 0.3) is 5.91 Å². The number of nitrogens with zero attached hydrogens (tertiary/aromatic N) is 3. The predicted molar refractivity (Wildman–Crippen MR) is 117 cm³/mol. The third-order valence-electron chi connectivity index (χ3n) is 6.51. The van der Waals surface area contributed by atoms with Crippen LogP contribution in [-0.4, -0.2) is 64.0 Å². The van der Waals surface area contributed by atoms with Gasteiger partial charge in [0.2, 0.25) is 0 Å². The molecule has 31 heavy (non-hydrogen) atoms. The van der Waals surface area contributed by atoms with Crippen molar-refractivity contribution in [3.05, 3.63) is 27.9 Å². The van der Waals surface area contributed by atoms with Crippen LogP contribution in [0.4, 0.5) is 4.79 Å². The number of hydrogen-bond acceptors (Lipinski definition) is 5. The molecule has 1 aliphatic carbocycles. The fourth-order valence-corrected chi connectivity index (χ4v) is 5.79. The van der Waals surface area contributed by atoms with E-state index in [1.807, 2.05) is 10.3 Å². The second-order valence-electron chi connectivity index (χ2n) is 8.56. The number of carboxylic acids is 1. The Kier molecular flexibility index (Phi) is 6.89. The van der Waals surface area contributed by atoms with Gasteiger partial charge in [-0.3, -0.25) is 9.59 Å². The Morgan fingerprint density at radius 2 is 1.87 bits per heavy atom. The Bertz CT molecular complexity index is 859. The summed E-state index contributed by atoms with van der Waals surface area (Å²) in [5.41, 5.74) is 1.75. The van der Waals surface area contributed by atoms with Crippen molar-refractivity contribution in [2.24, 2.45) is 5.92 Å². The lowest BCUT2D eigenvalue weighted by molar-refractivity contribution is -0.136. The third kappa shape index (κ3) is 5.08. The van der Waals surface area contributed by atoms with Gasteiger partial charge in [-0.15, -0.1) is 11.3 Å². The second kappa shape index (κ2) is 9.80. The molecule has 2 N–H and O–H groups in total. The largest absolute Gasteiger partial charge is 0.481 e. The number of fused-ring (bicyclic) bond motifs is 1. The minimum absolute atomic E-state index is 0.0237. The summed E-state index contributed by atoms with van der Waals surface area (Å²) in [5.74, 6) is -0.128. The average molecular weight is 447 g/mol. The molecule has 1 aromatic rings. The normalized spacial score (nSPS) is 21.9. The summed E-state index contributed by atoms with van der Waals surface area (Å²) in [5, 5.41) is 14.2. The van der Waals surface area contributed by atoms with E-state index in [4.69, 9.17) is 10.1 Å². The van der Waals surface area contributed by atoms with E-state index in [-0.39, 0.29) is 30.8 Å². The molecule has 8 nitrogen and oxygen atoms in total. The topological polar surface area (TPSA) is 103 Å². The number of aromatic nitrogens is 1. The number of piperidine rings is 2. The molecule has 1 atom stereocenters. The molecule has 0 radical (unpaired) electrons. The predicted octanol–water partition coefficient (Wildman–Crippen LogP) is 3.43. The average Bonchev–Trinajstić information content (AvgIpc) is 3.28. The molecule has 3 aliphatic rings. The molecule has 9 heteroatoms. The van der Waals surface area contributed by atoms with E-state index in [1.165, 1.54) is 25.0 Å².